The van der Waals surface area contributed by atoms with E-state index in [0.29, 0.717) is 9.33 Å². The number of rotatable bonds is 0. The van der Waals surface area contributed by atoms with Crippen LogP contribution in [-0.4, -0.2) is 9.97 Å². The first kappa shape index (κ1) is 17.7. The molecule has 0 fully saturated rings. The van der Waals surface area contributed by atoms with Crippen LogP contribution in [0.2, 0.25) is 0 Å². The summed E-state index contributed by atoms with van der Waals surface area (Å²) in [7, 11) is 0. The summed E-state index contributed by atoms with van der Waals surface area (Å²) in [5, 5.41) is 22.3. The van der Waals surface area contributed by atoms with E-state index in [4.69, 9.17) is 23.7 Å². The highest BCUT2D eigenvalue weighted by Crippen LogP contribution is 2.34. The number of hydrogen-bond acceptors (Lipinski definition) is 6. The minimum Gasteiger partial charge on any atom is -0.248 e. The minimum absolute atomic E-state index is 0.00612. The second-order valence-corrected chi connectivity index (χ2v) is 8.30. The number of benzene rings is 3. The van der Waals surface area contributed by atoms with Crippen LogP contribution in [0.3, 0.4) is 0 Å². The third kappa shape index (κ3) is 2.50. The molecule has 0 spiro atoms. The highest BCUT2D eigenvalue weighted by Gasteiger charge is 2.12. The molecule has 0 aliphatic carbocycles. The maximum atomic E-state index is 9.16. The Labute approximate surface area is 177 Å². The average Bonchev–Trinajstić information content (AvgIpc) is 3.39. The summed E-state index contributed by atoms with van der Waals surface area (Å²) in [6.07, 6.45) is 0. The quantitative estimate of drug-likeness (QED) is 0.277. The van der Waals surface area contributed by atoms with Crippen molar-refractivity contribution in [2.24, 2.45) is 0 Å². The lowest BCUT2D eigenvalue weighted by Gasteiger charge is -2.04. The Hall–Kier alpha value is -4.34. The number of aromatic nitrogens is 2. The highest BCUT2D eigenvalue weighted by molar-refractivity contribution is 7.18. The Morgan fingerprint density at radius 1 is 0.767 bits per heavy atom. The third-order valence-corrected chi connectivity index (χ3v) is 6.92. The summed E-state index contributed by atoms with van der Waals surface area (Å²) in [6, 6.07) is 15.7. The normalized spacial score (nSPS) is 12.9. The van der Waals surface area contributed by atoms with Crippen LogP contribution in [0, 0.1) is 35.8 Å². The minimum atomic E-state index is -0.00612. The summed E-state index contributed by atoms with van der Waals surface area (Å²) >= 11 is 2.69. The zero-order valence-corrected chi connectivity index (χ0v) is 16.6. The van der Waals surface area contributed by atoms with Crippen molar-refractivity contribution in [3.8, 4) is 12.1 Å². The average molecular weight is 418 g/mol. The van der Waals surface area contributed by atoms with Crippen LogP contribution in [0.25, 0.3) is 63.1 Å². The van der Waals surface area contributed by atoms with Gasteiger partial charge in [0.25, 0.3) is 11.4 Å². The molecule has 0 aliphatic heterocycles. The molecular formula is C22H6N6S2. The van der Waals surface area contributed by atoms with E-state index in [1.54, 1.807) is 0 Å². The van der Waals surface area contributed by atoms with Gasteiger partial charge in [0, 0.05) is 10.8 Å². The van der Waals surface area contributed by atoms with Crippen molar-refractivity contribution in [3.63, 3.8) is 0 Å². The van der Waals surface area contributed by atoms with Gasteiger partial charge in [0.1, 0.15) is 9.33 Å². The van der Waals surface area contributed by atoms with Gasteiger partial charge in [-0.3, -0.25) is 0 Å². The molecule has 0 bridgehead atoms. The van der Waals surface area contributed by atoms with Gasteiger partial charge in [0.2, 0.25) is 0 Å². The number of nitrogens with zero attached hydrogens (tertiary/aromatic N) is 6. The fourth-order valence-corrected chi connectivity index (χ4v) is 5.42. The summed E-state index contributed by atoms with van der Waals surface area (Å²) < 4.78 is 2.71. The van der Waals surface area contributed by atoms with Gasteiger partial charge in [0.15, 0.2) is 0 Å². The Morgan fingerprint density at radius 2 is 1.20 bits per heavy atom. The fourth-order valence-electron chi connectivity index (χ4n) is 3.36. The van der Waals surface area contributed by atoms with Crippen LogP contribution in [0.1, 0.15) is 0 Å². The molecule has 30 heavy (non-hydrogen) atoms. The van der Waals surface area contributed by atoms with Crippen molar-refractivity contribution in [1.82, 2.24) is 9.97 Å². The molecule has 0 amide bonds. The maximum absolute atomic E-state index is 9.16. The van der Waals surface area contributed by atoms with Crippen LogP contribution in [0.5, 0.6) is 0 Å². The van der Waals surface area contributed by atoms with Gasteiger partial charge in [-0.15, -0.1) is 22.7 Å². The number of fused-ring (bicyclic) bond motifs is 6. The summed E-state index contributed by atoms with van der Waals surface area (Å²) in [5.74, 6) is 0. The van der Waals surface area contributed by atoms with Gasteiger partial charge < -0.3 is 0 Å². The first-order valence-corrected chi connectivity index (χ1v) is 10.2. The first-order valence-electron chi connectivity index (χ1n) is 8.53. The standard InChI is InChI=1S/C22H6N6S2/c1-25-17(9-23)21-27-15-5-3-11-8-14-12(7-13(11)19(15)29-21)4-6-16-20(14)30-22(28-16)18(10-24)26-2/h3-8H/b21-17-,22-18+. The lowest BCUT2D eigenvalue weighted by atomic mass is 10.0. The second-order valence-electron chi connectivity index (χ2n) is 6.30. The predicted octanol–water partition coefficient (Wildman–Crippen LogP) is 4.31. The molecule has 0 saturated carbocycles. The molecule has 0 atom stereocenters. The Balaban J connectivity index is 1.90. The largest absolute Gasteiger partial charge is 0.296 e. The number of hydrogen-bond donors (Lipinski definition) is 0. The van der Waals surface area contributed by atoms with E-state index in [1.807, 2.05) is 36.4 Å². The Kier molecular flexibility index (Phi) is 3.91. The highest BCUT2D eigenvalue weighted by atomic mass is 32.1. The van der Waals surface area contributed by atoms with E-state index in [0.717, 1.165) is 42.0 Å². The van der Waals surface area contributed by atoms with Crippen LogP contribution < -0.4 is 9.33 Å². The van der Waals surface area contributed by atoms with Gasteiger partial charge in [-0.25, -0.2) is 30.2 Å². The Bertz CT molecular complexity index is 1680. The number of nitriles is 2. The molecular weight excluding hydrogens is 412 g/mol. The molecule has 2 heterocycles. The molecule has 0 saturated heterocycles. The molecule has 6 nitrogen and oxygen atoms in total. The topological polar surface area (TPSA) is 82.1 Å². The Morgan fingerprint density at radius 3 is 1.57 bits per heavy atom. The van der Waals surface area contributed by atoms with Crippen molar-refractivity contribution in [2.75, 3.05) is 0 Å². The van der Waals surface area contributed by atoms with E-state index in [2.05, 4.69) is 31.8 Å². The molecule has 0 N–H and O–H groups in total. The van der Waals surface area contributed by atoms with Gasteiger partial charge in [-0.1, -0.05) is 12.1 Å². The first-order chi connectivity index (χ1) is 14.7. The zero-order chi connectivity index (χ0) is 20.8. The van der Waals surface area contributed by atoms with E-state index in [9.17, 15) is 0 Å². The SMILES string of the molecule is [C-]#[N+]/C(C#N)=c1/nc2ccc3cc4c(ccc5n/c(=C(/C#N)[N+]#[C-])sc54)cc3c2s1. The van der Waals surface area contributed by atoms with Crippen molar-refractivity contribution in [3.05, 3.63) is 68.6 Å². The molecule has 136 valence electrons. The van der Waals surface area contributed by atoms with Crippen molar-refractivity contribution in [2.45, 2.75) is 0 Å². The van der Waals surface area contributed by atoms with E-state index < -0.39 is 0 Å². The lowest BCUT2D eigenvalue weighted by molar-refractivity contribution is 1.41. The molecule has 8 heteroatoms. The molecule has 3 aromatic carbocycles. The van der Waals surface area contributed by atoms with E-state index in [1.165, 1.54) is 22.7 Å². The summed E-state index contributed by atoms with van der Waals surface area (Å²) in [6.45, 7) is 14.3. The van der Waals surface area contributed by atoms with E-state index in [-0.39, 0.29) is 11.4 Å². The maximum Gasteiger partial charge on any atom is 0.296 e. The third-order valence-electron chi connectivity index (χ3n) is 4.70. The molecule has 0 aliphatic rings. The van der Waals surface area contributed by atoms with Crippen molar-refractivity contribution in [1.29, 1.82) is 10.5 Å². The predicted molar refractivity (Wildman–Crippen MR) is 118 cm³/mol. The number of thiazole rings is 2. The van der Waals surface area contributed by atoms with Crippen molar-refractivity contribution < 1.29 is 0 Å². The second kappa shape index (κ2) is 6.62. The molecule has 5 aromatic rings. The monoisotopic (exact) mass is 418 g/mol. The van der Waals surface area contributed by atoms with Crippen LogP contribution >= 0.6 is 22.7 Å². The van der Waals surface area contributed by atoms with Crippen molar-refractivity contribution >= 4 is 76.0 Å². The molecule has 2 aromatic heterocycles. The summed E-state index contributed by atoms with van der Waals surface area (Å²) in [4.78, 5) is 15.4. The summed E-state index contributed by atoms with van der Waals surface area (Å²) in [5.41, 5.74) is 1.50. The van der Waals surface area contributed by atoms with Gasteiger partial charge in [-0.2, -0.15) is 0 Å². The fraction of sp³-hybridized carbons (Fsp3) is 0. The molecule has 0 unspecified atom stereocenters. The van der Waals surface area contributed by atoms with Crippen LogP contribution in [0.15, 0.2) is 36.4 Å². The van der Waals surface area contributed by atoms with Gasteiger partial charge in [0.05, 0.1) is 45.7 Å². The van der Waals surface area contributed by atoms with Crippen LogP contribution in [0.4, 0.5) is 0 Å². The van der Waals surface area contributed by atoms with Gasteiger partial charge in [-0.05, 0) is 35.0 Å². The van der Waals surface area contributed by atoms with Gasteiger partial charge >= 0.3 is 0 Å². The lowest BCUT2D eigenvalue weighted by Crippen LogP contribution is -1.99. The van der Waals surface area contributed by atoms with E-state index >= 15 is 0 Å². The smallest absolute Gasteiger partial charge is 0.248 e. The van der Waals surface area contributed by atoms with Crippen LogP contribution in [-0.2, 0) is 0 Å². The molecule has 5 rings (SSSR count). The molecule has 0 radical (unpaired) electrons. The zero-order valence-electron chi connectivity index (χ0n) is 15.0.